The highest BCUT2D eigenvalue weighted by Gasteiger charge is 2.35. The minimum Gasteiger partial charge on any atom is -0.493 e. The molecule has 0 saturated heterocycles. The molecule has 35 heavy (non-hydrogen) atoms. The Morgan fingerprint density at radius 2 is 1.91 bits per heavy atom. The molecule has 1 aliphatic heterocycles. The van der Waals surface area contributed by atoms with Crippen molar-refractivity contribution in [2.24, 2.45) is 0 Å². The number of anilines is 2. The van der Waals surface area contributed by atoms with Crippen molar-refractivity contribution in [2.75, 3.05) is 30.1 Å². The fourth-order valence-corrected chi connectivity index (χ4v) is 4.64. The molecule has 1 aromatic heterocycles. The van der Waals surface area contributed by atoms with E-state index in [1.54, 1.807) is 23.6 Å². The lowest BCUT2D eigenvalue weighted by Crippen LogP contribution is -2.31. The summed E-state index contributed by atoms with van der Waals surface area (Å²) in [7, 11) is 1.61. The Kier molecular flexibility index (Phi) is 7.65. The average molecular weight is 494 g/mol. The number of nitrogens with one attached hydrogen (secondary N) is 2. The molecule has 8 nitrogen and oxygen atoms in total. The van der Waals surface area contributed by atoms with Gasteiger partial charge in [-0.2, -0.15) is 4.98 Å². The normalized spacial score (nSPS) is 14.8. The van der Waals surface area contributed by atoms with Crippen molar-refractivity contribution in [1.29, 1.82) is 0 Å². The minimum atomic E-state index is -0.495. The van der Waals surface area contributed by atoms with Crippen LogP contribution in [0.2, 0.25) is 0 Å². The van der Waals surface area contributed by atoms with Crippen molar-refractivity contribution >= 4 is 29.3 Å². The van der Waals surface area contributed by atoms with Crippen LogP contribution in [0.25, 0.3) is 0 Å². The van der Waals surface area contributed by atoms with E-state index in [0.717, 1.165) is 34.7 Å². The van der Waals surface area contributed by atoms with Gasteiger partial charge in [0.25, 0.3) is 5.91 Å². The number of aromatic nitrogens is 3. The molecule has 184 valence electrons. The van der Waals surface area contributed by atoms with E-state index in [1.165, 1.54) is 0 Å². The van der Waals surface area contributed by atoms with Crippen LogP contribution < -0.4 is 20.1 Å². The highest BCUT2D eigenvalue weighted by Crippen LogP contribution is 2.39. The van der Waals surface area contributed by atoms with Gasteiger partial charge in [0.15, 0.2) is 11.5 Å². The molecule has 4 rings (SSSR count). The summed E-state index contributed by atoms with van der Waals surface area (Å²) in [5, 5.41) is 11.8. The van der Waals surface area contributed by atoms with Crippen molar-refractivity contribution in [3.05, 3.63) is 64.9 Å². The number of carbonyl (C=O) groups excluding carboxylic acids is 1. The van der Waals surface area contributed by atoms with Gasteiger partial charge in [0.05, 0.1) is 19.3 Å². The average Bonchev–Trinajstić information content (AvgIpc) is 3.25. The maximum Gasteiger partial charge on any atom is 0.255 e. The summed E-state index contributed by atoms with van der Waals surface area (Å²) in [5.41, 5.74) is 3.99. The van der Waals surface area contributed by atoms with E-state index in [-0.39, 0.29) is 5.91 Å². The lowest BCUT2D eigenvalue weighted by molar-refractivity contribution is -0.113. The molecular weight excluding hydrogens is 462 g/mol. The molecule has 1 atom stereocenters. The standard InChI is InChI=1S/C26H31N5O3S/c1-6-14-35-26-29-25-27-17(4)22(24(32)28-19-11-8-16(3)9-12-19)23(31(25)30-26)18-10-13-20(33-5)21(15-18)34-7-2/h8-13,15,23H,6-7,14H2,1-5H3,(H,28,32)(H,27,29,30). The zero-order chi connectivity index (χ0) is 24.9. The zero-order valence-corrected chi connectivity index (χ0v) is 21.5. The molecular formula is C26H31N5O3S. The zero-order valence-electron chi connectivity index (χ0n) is 20.7. The number of ether oxygens (including phenoxy) is 2. The van der Waals surface area contributed by atoms with Gasteiger partial charge in [0.1, 0.15) is 6.04 Å². The monoisotopic (exact) mass is 493 g/mol. The fourth-order valence-electron chi connectivity index (χ4n) is 3.96. The molecule has 3 aromatic rings. The minimum absolute atomic E-state index is 0.207. The van der Waals surface area contributed by atoms with Gasteiger partial charge >= 0.3 is 0 Å². The largest absolute Gasteiger partial charge is 0.493 e. The first-order valence-electron chi connectivity index (χ1n) is 11.7. The number of benzene rings is 2. The van der Waals surface area contributed by atoms with Crippen LogP contribution in [-0.2, 0) is 4.79 Å². The Balaban J connectivity index is 1.79. The number of hydrogen-bond donors (Lipinski definition) is 2. The summed E-state index contributed by atoms with van der Waals surface area (Å²) in [4.78, 5) is 18.3. The number of methoxy groups -OCH3 is 1. The second kappa shape index (κ2) is 10.9. The van der Waals surface area contributed by atoms with E-state index in [9.17, 15) is 4.79 Å². The number of hydrogen-bond acceptors (Lipinski definition) is 7. The number of nitrogens with zero attached hydrogens (tertiary/aromatic N) is 3. The maximum atomic E-state index is 13.6. The first-order chi connectivity index (χ1) is 16.9. The SMILES string of the molecule is CCCSc1nc2n(n1)C(c1ccc(OC)c(OCC)c1)C(C(=O)Nc1ccc(C)cc1)=C(C)N2. The van der Waals surface area contributed by atoms with Crippen LogP contribution in [-0.4, -0.2) is 40.1 Å². The number of fused-ring (bicyclic) bond motifs is 1. The molecule has 1 amide bonds. The predicted molar refractivity (Wildman–Crippen MR) is 139 cm³/mol. The number of carbonyl (C=O) groups is 1. The van der Waals surface area contributed by atoms with Gasteiger partial charge in [0, 0.05) is 17.1 Å². The summed E-state index contributed by atoms with van der Waals surface area (Å²) in [6.45, 7) is 8.44. The lowest BCUT2D eigenvalue weighted by Gasteiger charge is -2.29. The van der Waals surface area contributed by atoms with Crippen LogP contribution in [0.3, 0.4) is 0 Å². The highest BCUT2D eigenvalue weighted by molar-refractivity contribution is 7.99. The molecule has 2 N–H and O–H groups in total. The molecule has 0 bridgehead atoms. The topological polar surface area (TPSA) is 90.3 Å². The molecule has 0 fully saturated rings. The van der Waals surface area contributed by atoms with Gasteiger partial charge < -0.3 is 20.1 Å². The van der Waals surface area contributed by atoms with Crippen molar-refractivity contribution in [3.8, 4) is 11.5 Å². The summed E-state index contributed by atoms with van der Waals surface area (Å²) >= 11 is 1.60. The Morgan fingerprint density at radius 1 is 1.14 bits per heavy atom. The van der Waals surface area contributed by atoms with Crippen LogP contribution in [0, 0.1) is 6.92 Å². The van der Waals surface area contributed by atoms with E-state index < -0.39 is 6.04 Å². The first-order valence-corrected chi connectivity index (χ1v) is 12.7. The quantitative estimate of drug-likeness (QED) is 0.385. The highest BCUT2D eigenvalue weighted by atomic mass is 32.2. The number of rotatable bonds is 9. The molecule has 2 heterocycles. The molecule has 9 heteroatoms. The van der Waals surface area contributed by atoms with E-state index >= 15 is 0 Å². The molecule has 0 saturated carbocycles. The van der Waals surface area contributed by atoms with Crippen molar-refractivity contribution in [2.45, 2.75) is 45.3 Å². The summed E-state index contributed by atoms with van der Waals surface area (Å²) in [6.07, 6.45) is 1.02. The third kappa shape index (κ3) is 5.30. The van der Waals surface area contributed by atoms with Crippen molar-refractivity contribution in [1.82, 2.24) is 14.8 Å². The maximum absolute atomic E-state index is 13.6. The Bertz CT molecular complexity index is 1240. The number of aryl methyl sites for hydroxylation is 1. The third-order valence-corrected chi connectivity index (χ3v) is 6.67. The van der Waals surface area contributed by atoms with E-state index in [2.05, 4.69) is 22.5 Å². The summed E-state index contributed by atoms with van der Waals surface area (Å²) < 4.78 is 13.1. The summed E-state index contributed by atoms with van der Waals surface area (Å²) in [5.74, 6) is 2.56. The van der Waals surface area contributed by atoms with Gasteiger partial charge in [-0.25, -0.2) is 4.68 Å². The fraction of sp³-hybridized carbons (Fsp3) is 0.346. The van der Waals surface area contributed by atoms with Gasteiger partial charge in [0.2, 0.25) is 11.1 Å². The molecule has 0 radical (unpaired) electrons. The third-order valence-electron chi connectivity index (χ3n) is 5.63. The second-order valence-electron chi connectivity index (χ2n) is 8.24. The Morgan fingerprint density at radius 3 is 2.60 bits per heavy atom. The van der Waals surface area contributed by atoms with Crippen LogP contribution in [0.15, 0.2) is 58.9 Å². The number of allylic oxidation sites excluding steroid dienone is 1. The molecule has 2 aromatic carbocycles. The van der Waals surface area contributed by atoms with E-state index in [0.29, 0.717) is 34.8 Å². The van der Waals surface area contributed by atoms with Crippen LogP contribution >= 0.6 is 11.8 Å². The smallest absolute Gasteiger partial charge is 0.255 e. The van der Waals surface area contributed by atoms with Gasteiger partial charge in [-0.1, -0.05) is 42.4 Å². The summed E-state index contributed by atoms with van der Waals surface area (Å²) in [6, 6.07) is 12.9. The van der Waals surface area contributed by atoms with Gasteiger partial charge in [-0.15, -0.1) is 5.10 Å². The molecule has 0 aliphatic carbocycles. The van der Waals surface area contributed by atoms with Gasteiger partial charge in [-0.05, 0) is 57.0 Å². The Labute approximate surface area is 210 Å². The van der Waals surface area contributed by atoms with E-state index in [4.69, 9.17) is 14.6 Å². The molecule has 0 spiro atoms. The number of thioether (sulfide) groups is 1. The number of amides is 1. The Hall–Kier alpha value is -3.46. The van der Waals surface area contributed by atoms with Crippen molar-refractivity contribution in [3.63, 3.8) is 0 Å². The van der Waals surface area contributed by atoms with Crippen LogP contribution in [0.4, 0.5) is 11.6 Å². The lowest BCUT2D eigenvalue weighted by atomic mass is 9.94. The van der Waals surface area contributed by atoms with Crippen LogP contribution in [0.1, 0.15) is 44.4 Å². The molecule has 1 unspecified atom stereocenters. The van der Waals surface area contributed by atoms with Gasteiger partial charge in [-0.3, -0.25) is 4.79 Å². The van der Waals surface area contributed by atoms with E-state index in [1.807, 2.05) is 63.2 Å². The second-order valence-corrected chi connectivity index (χ2v) is 9.30. The first kappa shape index (κ1) is 24.7. The van der Waals surface area contributed by atoms with Crippen LogP contribution in [0.5, 0.6) is 11.5 Å². The molecule has 1 aliphatic rings. The van der Waals surface area contributed by atoms with Crippen molar-refractivity contribution < 1.29 is 14.3 Å². The predicted octanol–water partition coefficient (Wildman–Crippen LogP) is 5.42.